The van der Waals surface area contributed by atoms with Crippen molar-refractivity contribution in [3.05, 3.63) is 58.2 Å². The van der Waals surface area contributed by atoms with Crippen LogP contribution in [0.1, 0.15) is 55.5 Å². The fraction of sp³-hybridized carbons (Fsp3) is 0.519. The Morgan fingerprint density at radius 2 is 1.94 bits per heavy atom. The van der Waals surface area contributed by atoms with E-state index in [9.17, 15) is 9.59 Å². The zero-order valence-electron chi connectivity index (χ0n) is 19.2. The van der Waals surface area contributed by atoms with Crippen LogP contribution in [0.2, 0.25) is 5.02 Å². The number of piperidine rings is 1. The molecule has 0 bridgehead atoms. The number of rotatable bonds is 9. The zero-order valence-corrected chi connectivity index (χ0v) is 20.0. The van der Waals surface area contributed by atoms with Gasteiger partial charge >= 0.3 is 0 Å². The van der Waals surface area contributed by atoms with Crippen LogP contribution in [0, 0.1) is 17.8 Å². The molecule has 0 radical (unpaired) electrons. The van der Waals surface area contributed by atoms with Crippen LogP contribution < -0.4 is 5.32 Å². The van der Waals surface area contributed by atoms with Gasteiger partial charge in [-0.25, -0.2) is 4.98 Å². The predicted molar refractivity (Wildman–Crippen MR) is 131 cm³/mol. The second kappa shape index (κ2) is 9.55. The maximum Gasteiger partial charge on any atom is 0.151 e. The number of unbranched alkanes of at least 4 members (excludes halogenated alkanes) is 1. The molecule has 2 aromatic rings. The maximum absolute atomic E-state index is 12.8. The van der Waals surface area contributed by atoms with Crippen molar-refractivity contribution in [1.29, 1.82) is 0 Å². The van der Waals surface area contributed by atoms with Gasteiger partial charge in [0.25, 0.3) is 0 Å². The topological polar surface area (TPSA) is 62.3 Å². The molecule has 5 rings (SSSR count). The van der Waals surface area contributed by atoms with Crippen LogP contribution in [-0.4, -0.2) is 41.1 Å². The largest absolute Gasteiger partial charge is 0.370 e. The Morgan fingerprint density at radius 1 is 1.15 bits per heavy atom. The lowest BCUT2D eigenvalue weighted by molar-refractivity contribution is -0.122. The van der Waals surface area contributed by atoms with E-state index >= 15 is 0 Å². The predicted octanol–water partition coefficient (Wildman–Crippen LogP) is 4.88. The molecule has 5 nitrogen and oxygen atoms in total. The van der Waals surface area contributed by atoms with Gasteiger partial charge in [-0.05, 0) is 74.1 Å². The number of fused-ring (bicyclic) bond motifs is 2. The van der Waals surface area contributed by atoms with Gasteiger partial charge in [-0.1, -0.05) is 35.9 Å². The molecule has 174 valence electrons. The maximum atomic E-state index is 12.8. The van der Waals surface area contributed by atoms with E-state index < -0.39 is 0 Å². The SMILES string of the molecule is CC(=O)C(c1ccccc1Cl)N1C[C@@H]2C(C(=O)CCCCc3ccc4c(n3)NCCC4)[C@@H]2C1. The first-order chi connectivity index (χ1) is 16.0. The summed E-state index contributed by atoms with van der Waals surface area (Å²) in [5.74, 6) is 2.54. The van der Waals surface area contributed by atoms with Crippen molar-refractivity contribution in [2.75, 3.05) is 25.0 Å². The molecular weight excluding hydrogens is 434 g/mol. The molecule has 1 aromatic carbocycles. The number of hydrogen-bond acceptors (Lipinski definition) is 5. The highest BCUT2D eigenvalue weighted by molar-refractivity contribution is 6.31. The summed E-state index contributed by atoms with van der Waals surface area (Å²) in [5.41, 5.74) is 3.31. The molecular formula is C27H32ClN3O2. The van der Waals surface area contributed by atoms with E-state index in [-0.39, 0.29) is 17.7 Å². The Bertz CT molecular complexity index is 1040. The molecule has 4 atom stereocenters. The van der Waals surface area contributed by atoms with E-state index in [1.807, 2.05) is 24.3 Å². The summed E-state index contributed by atoms with van der Waals surface area (Å²) in [5, 5.41) is 4.03. The number of nitrogens with zero attached hydrogens (tertiary/aromatic N) is 2. The summed E-state index contributed by atoms with van der Waals surface area (Å²) in [4.78, 5) is 32.2. The highest BCUT2D eigenvalue weighted by atomic mass is 35.5. The fourth-order valence-electron chi connectivity index (χ4n) is 5.90. The molecule has 3 heterocycles. The summed E-state index contributed by atoms with van der Waals surface area (Å²) >= 11 is 6.38. The smallest absolute Gasteiger partial charge is 0.151 e. The number of hydrogen-bond donors (Lipinski definition) is 1. The van der Waals surface area contributed by atoms with Gasteiger partial charge < -0.3 is 5.32 Å². The van der Waals surface area contributed by atoms with Crippen molar-refractivity contribution >= 4 is 29.0 Å². The Labute approximate surface area is 200 Å². The molecule has 3 aliphatic rings. The van der Waals surface area contributed by atoms with Gasteiger partial charge in [0.05, 0.1) is 6.04 Å². The monoisotopic (exact) mass is 465 g/mol. The third-order valence-electron chi connectivity index (χ3n) is 7.60. The molecule has 1 saturated heterocycles. The van der Waals surface area contributed by atoms with Crippen molar-refractivity contribution in [3.63, 3.8) is 0 Å². The van der Waals surface area contributed by atoms with Crippen LogP contribution in [-0.2, 0) is 22.4 Å². The third-order valence-corrected chi connectivity index (χ3v) is 7.95. The van der Waals surface area contributed by atoms with Crippen LogP contribution in [0.15, 0.2) is 36.4 Å². The van der Waals surface area contributed by atoms with E-state index in [0.29, 0.717) is 29.1 Å². The van der Waals surface area contributed by atoms with Gasteiger partial charge in [0.2, 0.25) is 0 Å². The van der Waals surface area contributed by atoms with E-state index in [4.69, 9.17) is 16.6 Å². The lowest BCUT2D eigenvalue weighted by Crippen LogP contribution is -2.34. The molecule has 1 N–H and O–H groups in total. The molecule has 0 spiro atoms. The van der Waals surface area contributed by atoms with E-state index in [0.717, 1.165) is 62.4 Å². The van der Waals surface area contributed by atoms with E-state index in [1.165, 1.54) is 12.0 Å². The number of carbonyl (C=O) groups excluding carboxylic acids is 2. The van der Waals surface area contributed by atoms with Crippen LogP contribution >= 0.6 is 11.6 Å². The van der Waals surface area contributed by atoms with Gasteiger partial charge in [-0.2, -0.15) is 0 Å². The molecule has 33 heavy (non-hydrogen) atoms. The molecule has 2 fully saturated rings. The summed E-state index contributed by atoms with van der Waals surface area (Å²) in [6, 6.07) is 11.6. The zero-order chi connectivity index (χ0) is 22.9. The fourth-order valence-corrected chi connectivity index (χ4v) is 6.14. The number of likely N-dealkylation sites (tertiary alicyclic amines) is 1. The van der Waals surface area contributed by atoms with Crippen molar-refractivity contribution in [2.45, 2.75) is 51.5 Å². The van der Waals surface area contributed by atoms with Crippen molar-refractivity contribution in [3.8, 4) is 0 Å². The first kappa shape index (κ1) is 22.5. The molecule has 2 unspecified atom stereocenters. The highest BCUT2D eigenvalue weighted by Gasteiger charge is 2.59. The Hall–Kier alpha value is -2.24. The normalized spacial score (nSPS) is 24.5. The number of anilines is 1. The van der Waals surface area contributed by atoms with Gasteiger partial charge in [0, 0.05) is 42.7 Å². The molecule has 1 saturated carbocycles. The lowest BCUT2D eigenvalue weighted by atomic mass is 10.00. The number of Topliss-reactive ketones (excluding diaryl/α,β-unsaturated/α-hetero) is 2. The molecule has 2 aliphatic heterocycles. The number of ketones is 2. The van der Waals surface area contributed by atoms with Gasteiger partial charge in [0.15, 0.2) is 5.78 Å². The van der Waals surface area contributed by atoms with Crippen molar-refractivity contribution in [2.24, 2.45) is 17.8 Å². The number of carbonyl (C=O) groups is 2. The second-order valence-corrected chi connectivity index (χ2v) is 10.3. The first-order valence-electron chi connectivity index (χ1n) is 12.3. The Morgan fingerprint density at radius 3 is 2.70 bits per heavy atom. The summed E-state index contributed by atoms with van der Waals surface area (Å²) in [6.45, 7) is 4.25. The number of halogens is 1. The third kappa shape index (κ3) is 4.71. The minimum atomic E-state index is -0.305. The molecule has 0 amide bonds. The van der Waals surface area contributed by atoms with Crippen molar-refractivity contribution < 1.29 is 9.59 Å². The number of pyridine rings is 1. The quantitative estimate of drug-likeness (QED) is 0.534. The van der Waals surface area contributed by atoms with Gasteiger partial charge in [-0.15, -0.1) is 0 Å². The summed E-state index contributed by atoms with van der Waals surface area (Å²) in [6.07, 6.45) is 5.77. The van der Waals surface area contributed by atoms with Gasteiger partial charge in [-0.3, -0.25) is 14.5 Å². The average Bonchev–Trinajstić information content (AvgIpc) is 3.32. The Kier molecular flexibility index (Phi) is 6.53. The van der Waals surface area contributed by atoms with E-state index in [2.05, 4.69) is 22.3 Å². The first-order valence-corrected chi connectivity index (χ1v) is 12.6. The minimum absolute atomic E-state index is 0.110. The molecule has 1 aromatic heterocycles. The number of benzene rings is 1. The molecule has 6 heteroatoms. The highest BCUT2D eigenvalue weighted by Crippen LogP contribution is 2.54. The Balaban J connectivity index is 1.08. The standard InChI is InChI=1S/C27H32ClN3O2/c1-17(32)26(20-9-3-4-10-23(20)28)31-15-21-22(16-31)25(21)24(33)11-5-2-8-19-13-12-18-7-6-14-29-27(18)30-19/h3-4,9-10,12-13,21-22,25-26H,2,5-8,11,14-16H2,1H3,(H,29,30)/t21-,22+,25?,26?. The minimum Gasteiger partial charge on any atom is -0.370 e. The average molecular weight is 466 g/mol. The van der Waals surface area contributed by atoms with Gasteiger partial charge in [0.1, 0.15) is 11.6 Å². The van der Waals surface area contributed by atoms with Crippen LogP contribution in [0.5, 0.6) is 0 Å². The number of nitrogens with one attached hydrogen (secondary N) is 1. The van der Waals surface area contributed by atoms with E-state index in [1.54, 1.807) is 6.92 Å². The van der Waals surface area contributed by atoms with Crippen molar-refractivity contribution in [1.82, 2.24) is 9.88 Å². The number of aryl methyl sites for hydroxylation is 2. The lowest BCUT2D eigenvalue weighted by Gasteiger charge is -2.28. The number of aromatic nitrogens is 1. The van der Waals surface area contributed by atoms with Crippen LogP contribution in [0.3, 0.4) is 0 Å². The summed E-state index contributed by atoms with van der Waals surface area (Å²) < 4.78 is 0. The molecule has 1 aliphatic carbocycles. The van der Waals surface area contributed by atoms with Crippen LogP contribution in [0.4, 0.5) is 5.82 Å². The second-order valence-electron chi connectivity index (χ2n) is 9.86. The summed E-state index contributed by atoms with van der Waals surface area (Å²) in [7, 11) is 0. The van der Waals surface area contributed by atoms with Crippen LogP contribution in [0.25, 0.3) is 0 Å².